The standard InChI is InChI=1S/C15H11F3N2O2S/c16-15(17,18)13(9-11(21)12-7-4-8-23-12)19-20-14(22)10-5-2-1-3-6-10/h1-8H,9H2,(H,20,22). The minimum Gasteiger partial charge on any atom is -0.293 e. The summed E-state index contributed by atoms with van der Waals surface area (Å²) in [4.78, 5) is 23.7. The quantitative estimate of drug-likeness (QED) is 0.513. The number of benzene rings is 1. The summed E-state index contributed by atoms with van der Waals surface area (Å²) in [6.45, 7) is 0. The van der Waals surface area contributed by atoms with Gasteiger partial charge in [-0.2, -0.15) is 18.3 Å². The Hall–Kier alpha value is -2.48. The lowest BCUT2D eigenvalue weighted by atomic mass is 10.1. The first-order chi connectivity index (χ1) is 10.9. The van der Waals surface area contributed by atoms with Crippen LogP contribution in [0.5, 0.6) is 0 Å². The number of carbonyl (C=O) groups excluding carboxylic acids is 2. The number of halogens is 3. The van der Waals surface area contributed by atoms with E-state index in [1.165, 1.54) is 18.2 Å². The molecule has 1 aromatic carbocycles. The fourth-order valence-corrected chi connectivity index (χ4v) is 2.32. The summed E-state index contributed by atoms with van der Waals surface area (Å²) >= 11 is 1.05. The van der Waals surface area contributed by atoms with E-state index < -0.39 is 30.0 Å². The second kappa shape index (κ2) is 7.19. The van der Waals surface area contributed by atoms with Crippen LogP contribution >= 0.6 is 11.3 Å². The number of nitrogens with one attached hydrogen (secondary N) is 1. The zero-order valence-electron chi connectivity index (χ0n) is 11.6. The van der Waals surface area contributed by atoms with Crippen molar-refractivity contribution in [3.05, 3.63) is 58.3 Å². The molecule has 0 spiro atoms. The third-order valence-electron chi connectivity index (χ3n) is 2.78. The number of carbonyl (C=O) groups is 2. The molecule has 0 aliphatic rings. The third kappa shape index (κ3) is 4.75. The fraction of sp³-hybridized carbons (Fsp3) is 0.133. The summed E-state index contributed by atoms with van der Waals surface area (Å²) in [6.07, 6.45) is -5.74. The number of ketones is 1. The molecule has 1 amide bonds. The fourth-order valence-electron chi connectivity index (χ4n) is 1.65. The summed E-state index contributed by atoms with van der Waals surface area (Å²) in [5.41, 5.74) is 0.658. The molecular weight excluding hydrogens is 329 g/mol. The lowest BCUT2D eigenvalue weighted by Gasteiger charge is -2.09. The highest BCUT2D eigenvalue weighted by molar-refractivity contribution is 7.12. The maximum Gasteiger partial charge on any atom is 0.431 e. The largest absolute Gasteiger partial charge is 0.431 e. The molecule has 0 atom stereocenters. The van der Waals surface area contributed by atoms with Gasteiger partial charge in [-0.25, -0.2) is 5.43 Å². The Labute approximate surface area is 133 Å². The van der Waals surface area contributed by atoms with E-state index in [9.17, 15) is 22.8 Å². The monoisotopic (exact) mass is 340 g/mol. The highest BCUT2D eigenvalue weighted by Gasteiger charge is 2.37. The van der Waals surface area contributed by atoms with Crippen molar-refractivity contribution >= 4 is 28.7 Å². The van der Waals surface area contributed by atoms with Gasteiger partial charge in [0.2, 0.25) is 0 Å². The minimum absolute atomic E-state index is 0.169. The van der Waals surface area contributed by atoms with Crippen LogP contribution in [0.1, 0.15) is 26.5 Å². The average Bonchev–Trinajstić information content (AvgIpc) is 3.05. The number of hydrogen-bond acceptors (Lipinski definition) is 4. The van der Waals surface area contributed by atoms with Gasteiger partial charge in [0.1, 0.15) is 5.71 Å². The summed E-state index contributed by atoms with van der Waals surface area (Å²) in [5.74, 6) is -1.49. The van der Waals surface area contributed by atoms with Gasteiger partial charge >= 0.3 is 6.18 Å². The van der Waals surface area contributed by atoms with Gasteiger partial charge in [-0.1, -0.05) is 24.3 Å². The van der Waals surface area contributed by atoms with Gasteiger partial charge in [-0.3, -0.25) is 9.59 Å². The number of alkyl halides is 3. The molecule has 0 aliphatic heterocycles. The van der Waals surface area contributed by atoms with E-state index in [0.717, 1.165) is 11.3 Å². The molecule has 0 unspecified atom stereocenters. The molecule has 120 valence electrons. The SMILES string of the molecule is O=C(NN=C(CC(=O)c1cccs1)C(F)(F)F)c1ccccc1. The predicted molar refractivity (Wildman–Crippen MR) is 80.7 cm³/mol. The Kier molecular flexibility index (Phi) is 5.28. The smallest absolute Gasteiger partial charge is 0.293 e. The molecule has 1 aromatic heterocycles. The number of thiophene rings is 1. The summed E-state index contributed by atoms with van der Waals surface area (Å²) in [7, 11) is 0. The molecule has 4 nitrogen and oxygen atoms in total. The van der Waals surface area contributed by atoms with Crippen molar-refractivity contribution in [3.63, 3.8) is 0 Å². The van der Waals surface area contributed by atoms with Crippen LogP contribution in [0.15, 0.2) is 52.9 Å². The molecule has 0 saturated heterocycles. The van der Waals surface area contributed by atoms with Crippen LogP contribution in [0, 0.1) is 0 Å². The molecule has 1 N–H and O–H groups in total. The topological polar surface area (TPSA) is 58.5 Å². The molecule has 2 rings (SSSR count). The van der Waals surface area contributed by atoms with Gasteiger partial charge < -0.3 is 0 Å². The maximum atomic E-state index is 12.9. The number of Topliss-reactive ketones (excluding diaryl/α,β-unsaturated/α-hetero) is 1. The van der Waals surface area contributed by atoms with Gasteiger partial charge in [-0.15, -0.1) is 11.3 Å². The number of hydrogen-bond donors (Lipinski definition) is 1. The Morgan fingerprint density at radius 3 is 2.35 bits per heavy atom. The molecule has 1 heterocycles. The Morgan fingerprint density at radius 2 is 1.78 bits per heavy atom. The van der Waals surface area contributed by atoms with Gasteiger partial charge in [-0.05, 0) is 23.6 Å². The molecule has 8 heteroatoms. The normalized spacial score (nSPS) is 12.0. The van der Waals surface area contributed by atoms with Crippen LogP contribution in [-0.2, 0) is 0 Å². The third-order valence-corrected chi connectivity index (χ3v) is 3.69. The van der Waals surface area contributed by atoms with Crippen molar-refractivity contribution in [2.45, 2.75) is 12.6 Å². The first kappa shape index (κ1) is 16.9. The number of nitrogens with zero attached hydrogens (tertiary/aromatic N) is 1. The maximum absolute atomic E-state index is 12.9. The highest BCUT2D eigenvalue weighted by Crippen LogP contribution is 2.22. The van der Waals surface area contributed by atoms with Crippen LogP contribution in [0.4, 0.5) is 13.2 Å². The van der Waals surface area contributed by atoms with Crippen LogP contribution in [-0.4, -0.2) is 23.6 Å². The van der Waals surface area contributed by atoms with E-state index >= 15 is 0 Å². The highest BCUT2D eigenvalue weighted by atomic mass is 32.1. The molecule has 0 radical (unpaired) electrons. The van der Waals surface area contributed by atoms with Crippen molar-refractivity contribution in [2.75, 3.05) is 0 Å². The van der Waals surface area contributed by atoms with E-state index in [-0.39, 0.29) is 10.4 Å². The van der Waals surface area contributed by atoms with Crippen molar-refractivity contribution < 1.29 is 22.8 Å². The van der Waals surface area contributed by atoms with E-state index in [0.29, 0.717) is 0 Å². The molecular formula is C15H11F3N2O2S. The Morgan fingerprint density at radius 1 is 1.09 bits per heavy atom. The van der Waals surface area contributed by atoms with Gasteiger partial charge in [0, 0.05) is 5.56 Å². The van der Waals surface area contributed by atoms with E-state index in [1.54, 1.807) is 29.6 Å². The van der Waals surface area contributed by atoms with Crippen molar-refractivity contribution in [1.29, 1.82) is 0 Å². The van der Waals surface area contributed by atoms with E-state index in [1.807, 2.05) is 5.43 Å². The molecule has 23 heavy (non-hydrogen) atoms. The Balaban J connectivity index is 2.12. The molecule has 0 saturated carbocycles. The molecule has 0 bridgehead atoms. The van der Waals surface area contributed by atoms with Gasteiger partial charge in [0.25, 0.3) is 5.91 Å². The summed E-state index contributed by atoms with van der Waals surface area (Å²) in [5, 5.41) is 4.69. The summed E-state index contributed by atoms with van der Waals surface area (Å²) in [6, 6.07) is 10.7. The first-order valence-corrected chi connectivity index (χ1v) is 7.32. The molecule has 2 aromatic rings. The van der Waals surface area contributed by atoms with Crippen LogP contribution in [0.3, 0.4) is 0 Å². The van der Waals surface area contributed by atoms with Crippen molar-refractivity contribution in [1.82, 2.24) is 5.43 Å². The number of amides is 1. The molecule has 0 fully saturated rings. The second-order valence-corrected chi connectivity index (χ2v) is 5.39. The average molecular weight is 340 g/mol. The number of rotatable bonds is 5. The summed E-state index contributed by atoms with van der Waals surface area (Å²) < 4.78 is 38.8. The van der Waals surface area contributed by atoms with E-state index in [2.05, 4.69) is 5.10 Å². The lowest BCUT2D eigenvalue weighted by Crippen LogP contribution is -2.30. The molecule has 0 aliphatic carbocycles. The first-order valence-electron chi connectivity index (χ1n) is 6.44. The predicted octanol–water partition coefficient (Wildman–Crippen LogP) is 3.67. The van der Waals surface area contributed by atoms with Gasteiger partial charge in [0.15, 0.2) is 5.78 Å². The van der Waals surface area contributed by atoms with Crippen LogP contribution in [0.2, 0.25) is 0 Å². The zero-order chi connectivity index (χ0) is 16.9. The van der Waals surface area contributed by atoms with Crippen molar-refractivity contribution in [2.24, 2.45) is 5.10 Å². The zero-order valence-corrected chi connectivity index (χ0v) is 12.4. The van der Waals surface area contributed by atoms with Crippen molar-refractivity contribution in [3.8, 4) is 0 Å². The number of hydrazone groups is 1. The minimum atomic E-state index is -4.81. The Bertz CT molecular complexity index is 710. The van der Waals surface area contributed by atoms with Crippen LogP contribution < -0.4 is 5.43 Å². The van der Waals surface area contributed by atoms with Crippen LogP contribution in [0.25, 0.3) is 0 Å². The second-order valence-electron chi connectivity index (χ2n) is 4.44. The van der Waals surface area contributed by atoms with Gasteiger partial charge in [0.05, 0.1) is 11.3 Å². The lowest BCUT2D eigenvalue weighted by molar-refractivity contribution is -0.0605. The van der Waals surface area contributed by atoms with E-state index in [4.69, 9.17) is 0 Å².